The molecule has 26 heavy (non-hydrogen) atoms. The molecule has 3 rings (SSSR count). The monoisotopic (exact) mass is 358 g/mol. The largest absolute Gasteiger partial charge is 0.463 e. The van der Waals surface area contributed by atoms with E-state index in [0.717, 1.165) is 9.36 Å². The molecule has 0 aliphatic carbocycles. The van der Waals surface area contributed by atoms with Gasteiger partial charge in [-0.3, -0.25) is 0 Å². The lowest BCUT2D eigenvalue weighted by molar-refractivity contribution is -0.139. The first-order chi connectivity index (χ1) is 12.5. The molecule has 1 atom stereocenters. The second-order valence-corrected chi connectivity index (χ2v) is 5.60. The molecule has 1 unspecified atom stereocenters. The first-order valence-corrected chi connectivity index (χ1v) is 8.07. The highest BCUT2D eigenvalue weighted by Gasteiger charge is 2.30. The van der Waals surface area contributed by atoms with Crippen LogP contribution in [0.15, 0.2) is 46.4 Å². The van der Waals surface area contributed by atoms with Gasteiger partial charge >= 0.3 is 17.7 Å². The second kappa shape index (κ2) is 7.21. The summed E-state index contributed by atoms with van der Waals surface area (Å²) < 4.78 is 7.25. The molecule has 2 aromatic rings. The molecule has 0 spiro atoms. The number of urea groups is 1. The molecule has 2 amide bonds. The quantitative estimate of drug-likeness (QED) is 0.723. The number of aromatic nitrogens is 4. The van der Waals surface area contributed by atoms with Crippen LogP contribution in [0.1, 0.15) is 13.8 Å². The van der Waals surface area contributed by atoms with E-state index in [1.54, 1.807) is 38.1 Å². The molecular weight excluding hydrogens is 340 g/mol. The van der Waals surface area contributed by atoms with E-state index in [9.17, 15) is 14.4 Å². The number of carbonyl (C=O) groups excluding carboxylic acids is 2. The van der Waals surface area contributed by atoms with E-state index in [1.807, 2.05) is 6.07 Å². The minimum atomic E-state index is -0.564. The number of nitrogens with one attached hydrogen (secondary N) is 2. The van der Waals surface area contributed by atoms with Crippen molar-refractivity contribution in [2.24, 2.45) is 0 Å². The summed E-state index contributed by atoms with van der Waals surface area (Å²) in [5.41, 5.74) is 0.563. The molecule has 1 aromatic heterocycles. The third kappa shape index (κ3) is 3.34. The number of ether oxygens (including phenoxy) is 1. The third-order valence-electron chi connectivity index (χ3n) is 3.81. The summed E-state index contributed by atoms with van der Waals surface area (Å²) in [6, 6.07) is 7.78. The predicted octanol–water partition coefficient (Wildman–Crippen LogP) is -0.0525. The summed E-state index contributed by atoms with van der Waals surface area (Å²) in [6.07, 6.45) is 0. The predicted molar refractivity (Wildman–Crippen MR) is 90.4 cm³/mol. The van der Waals surface area contributed by atoms with Crippen molar-refractivity contribution in [2.75, 3.05) is 6.61 Å². The van der Waals surface area contributed by atoms with Crippen molar-refractivity contribution in [3.05, 3.63) is 52.1 Å². The van der Waals surface area contributed by atoms with Crippen LogP contribution in [0.3, 0.4) is 0 Å². The van der Waals surface area contributed by atoms with Crippen molar-refractivity contribution in [3.63, 3.8) is 0 Å². The number of esters is 1. The van der Waals surface area contributed by atoms with E-state index in [-0.39, 0.29) is 24.4 Å². The third-order valence-corrected chi connectivity index (χ3v) is 3.81. The van der Waals surface area contributed by atoms with Gasteiger partial charge in [0.05, 0.1) is 36.2 Å². The average molecular weight is 358 g/mol. The lowest BCUT2D eigenvalue weighted by Crippen LogP contribution is -2.50. The van der Waals surface area contributed by atoms with E-state index >= 15 is 0 Å². The molecular formula is C16H18N6O4. The lowest BCUT2D eigenvalue weighted by Gasteiger charge is -2.26. The summed E-state index contributed by atoms with van der Waals surface area (Å²) in [4.78, 5) is 36.5. The van der Waals surface area contributed by atoms with Crippen molar-refractivity contribution in [2.45, 2.75) is 26.4 Å². The van der Waals surface area contributed by atoms with Gasteiger partial charge in [-0.05, 0) is 36.4 Å². The van der Waals surface area contributed by atoms with Crippen molar-refractivity contribution in [3.8, 4) is 5.69 Å². The summed E-state index contributed by atoms with van der Waals surface area (Å²) in [7, 11) is 0. The van der Waals surface area contributed by atoms with Gasteiger partial charge in [0.25, 0.3) is 0 Å². The molecule has 0 fully saturated rings. The summed E-state index contributed by atoms with van der Waals surface area (Å²) >= 11 is 0. The SMILES string of the molecule is CCOC(=O)C1=C(Cn2nnn(-c3ccccc3)c2=O)NC(=O)NC1C. The topological polar surface area (TPSA) is 120 Å². The number of allylic oxidation sites excluding steroid dienone is 1. The second-order valence-electron chi connectivity index (χ2n) is 5.60. The minimum Gasteiger partial charge on any atom is -0.463 e. The standard InChI is InChI=1S/C16H18N6O4/c1-3-26-14(23)13-10(2)17-15(24)18-12(13)9-21-16(25)22(20-19-21)11-7-5-4-6-8-11/h4-8,10H,3,9H2,1-2H3,(H2,17,18,24). The maximum atomic E-state index is 12.5. The zero-order valence-corrected chi connectivity index (χ0v) is 14.3. The van der Waals surface area contributed by atoms with Gasteiger partial charge in [0.1, 0.15) is 0 Å². The molecule has 1 aliphatic heterocycles. The maximum Gasteiger partial charge on any atom is 0.368 e. The highest BCUT2D eigenvalue weighted by atomic mass is 16.5. The Morgan fingerprint density at radius 1 is 1.23 bits per heavy atom. The van der Waals surface area contributed by atoms with Crippen LogP contribution in [0.2, 0.25) is 0 Å². The van der Waals surface area contributed by atoms with Crippen LogP contribution in [-0.4, -0.2) is 44.4 Å². The zero-order valence-electron chi connectivity index (χ0n) is 14.3. The minimum absolute atomic E-state index is 0.114. The van der Waals surface area contributed by atoms with Gasteiger partial charge in [-0.25, -0.2) is 14.4 Å². The number of carbonyl (C=O) groups is 2. The van der Waals surface area contributed by atoms with E-state index in [2.05, 4.69) is 21.1 Å². The number of hydrogen-bond donors (Lipinski definition) is 2. The fourth-order valence-corrected chi connectivity index (χ4v) is 2.66. The Morgan fingerprint density at radius 3 is 2.65 bits per heavy atom. The highest BCUT2D eigenvalue weighted by Crippen LogP contribution is 2.15. The number of benzene rings is 1. The average Bonchev–Trinajstić information content (AvgIpc) is 2.96. The molecule has 0 saturated carbocycles. The maximum absolute atomic E-state index is 12.5. The number of rotatable bonds is 5. The normalized spacial score (nSPS) is 16.8. The number of amides is 2. The van der Waals surface area contributed by atoms with Crippen LogP contribution in [0.4, 0.5) is 4.79 Å². The van der Waals surface area contributed by atoms with Gasteiger partial charge in [0.2, 0.25) is 0 Å². The van der Waals surface area contributed by atoms with Gasteiger partial charge in [-0.2, -0.15) is 9.36 Å². The Balaban J connectivity index is 1.96. The number of hydrogen-bond acceptors (Lipinski definition) is 6. The molecule has 10 nitrogen and oxygen atoms in total. The van der Waals surface area contributed by atoms with Gasteiger partial charge in [-0.15, -0.1) is 0 Å². The zero-order chi connectivity index (χ0) is 18.7. The summed E-state index contributed by atoms with van der Waals surface area (Å²) in [6.45, 7) is 3.43. The van der Waals surface area contributed by atoms with Crippen LogP contribution < -0.4 is 16.3 Å². The van der Waals surface area contributed by atoms with Crippen LogP contribution in [0.25, 0.3) is 5.69 Å². The molecule has 10 heteroatoms. The van der Waals surface area contributed by atoms with Crippen LogP contribution in [0.5, 0.6) is 0 Å². The molecule has 0 saturated heterocycles. The fraction of sp³-hybridized carbons (Fsp3) is 0.312. The Morgan fingerprint density at radius 2 is 1.96 bits per heavy atom. The van der Waals surface area contributed by atoms with Gasteiger partial charge in [0, 0.05) is 0 Å². The molecule has 2 N–H and O–H groups in total. The lowest BCUT2D eigenvalue weighted by atomic mass is 10.0. The molecule has 2 heterocycles. The molecule has 1 aliphatic rings. The smallest absolute Gasteiger partial charge is 0.368 e. The van der Waals surface area contributed by atoms with Gasteiger partial charge in [0.15, 0.2) is 0 Å². The summed E-state index contributed by atoms with van der Waals surface area (Å²) in [5.74, 6) is -0.564. The Labute approximate surface area is 148 Å². The van der Waals surface area contributed by atoms with Crippen molar-refractivity contribution in [1.29, 1.82) is 0 Å². The first kappa shape index (κ1) is 17.4. The molecule has 1 aromatic carbocycles. The first-order valence-electron chi connectivity index (χ1n) is 8.07. The van der Waals surface area contributed by atoms with Crippen molar-refractivity contribution in [1.82, 2.24) is 30.4 Å². The number of nitrogens with zero attached hydrogens (tertiary/aromatic N) is 4. The van der Waals surface area contributed by atoms with E-state index in [0.29, 0.717) is 5.69 Å². The highest BCUT2D eigenvalue weighted by molar-refractivity contribution is 5.94. The van der Waals surface area contributed by atoms with E-state index in [1.165, 1.54) is 0 Å². The summed E-state index contributed by atoms with van der Waals surface area (Å²) in [5, 5.41) is 12.8. The van der Waals surface area contributed by atoms with E-state index < -0.39 is 23.7 Å². The molecule has 136 valence electrons. The Bertz CT molecular complexity index is 914. The van der Waals surface area contributed by atoms with Gasteiger partial charge < -0.3 is 15.4 Å². The number of tetrazole rings is 1. The fourth-order valence-electron chi connectivity index (χ4n) is 2.66. The Hall–Kier alpha value is -3.43. The van der Waals surface area contributed by atoms with Crippen LogP contribution >= 0.6 is 0 Å². The van der Waals surface area contributed by atoms with Gasteiger partial charge in [-0.1, -0.05) is 18.2 Å². The molecule has 0 radical (unpaired) electrons. The van der Waals surface area contributed by atoms with Crippen molar-refractivity contribution >= 4 is 12.0 Å². The van der Waals surface area contributed by atoms with E-state index in [4.69, 9.17) is 4.74 Å². The number of para-hydroxylation sites is 1. The molecule has 0 bridgehead atoms. The van der Waals surface area contributed by atoms with Crippen LogP contribution in [-0.2, 0) is 16.1 Å². The Kier molecular flexibility index (Phi) is 4.83. The van der Waals surface area contributed by atoms with Crippen molar-refractivity contribution < 1.29 is 14.3 Å². The van der Waals surface area contributed by atoms with Crippen LogP contribution in [0, 0.1) is 0 Å².